The number of nitrogens with zero attached hydrogens (tertiary/aromatic N) is 1. The molecular weight excluding hydrogens is 156 g/mol. The summed E-state index contributed by atoms with van der Waals surface area (Å²) in [6, 6.07) is 2.07. The molecule has 1 aromatic rings. The molecule has 2 nitrogen and oxygen atoms in total. The molecule has 3 heteroatoms. The number of amidine groups is 1. The van der Waals surface area contributed by atoms with Gasteiger partial charge in [-0.15, -0.1) is 0 Å². The molecule has 0 bridgehead atoms. The van der Waals surface area contributed by atoms with Gasteiger partial charge in [0.2, 0.25) is 0 Å². The lowest BCUT2D eigenvalue weighted by molar-refractivity contribution is 0.951. The number of nitrogens with one attached hydrogen (secondary N) is 1. The van der Waals surface area contributed by atoms with Crippen molar-refractivity contribution in [3.05, 3.63) is 16.8 Å². The minimum atomic E-state index is 0.993. The maximum atomic E-state index is 4.32. The van der Waals surface area contributed by atoms with Crippen LogP contribution in [-0.2, 0) is 0 Å². The van der Waals surface area contributed by atoms with Crippen LogP contribution >= 0.6 is 11.3 Å². The predicted molar refractivity (Wildman–Crippen MR) is 49.5 cm³/mol. The van der Waals surface area contributed by atoms with Crippen LogP contribution in [0.25, 0.3) is 0 Å². The quantitative estimate of drug-likeness (QED) is 0.680. The molecule has 0 radical (unpaired) electrons. The third-order valence-electron chi connectivity index (χ3n) is 1.68. The van der Waals surface area contributed by atoms with E-state index < -0.39 is 0 Å². The zero-order valence-electron chi connectivity index (χ0n) is 6.21. The van der Waals surface area contributed by atoms with Crippen molar-refractivity contribution in [3.63, 3.8) is 0 Å². The highest BCUT2D eigenvalue weighted by Gasteiger charge is 2.05. The summed E-state index contributed by atoms with van der Waals surface area (Å²) in [6.07, 6.45) is 2.31. The molecule has 2 heterocycles. The first-order valence-corrected chi connectivity index (χ1v) is 4.72. The molecule has 0 saturated carbocycles. The monoisotopic (exact) mass is 166 g/mol. The van der Waals surface area contributed by atoms with Crippen molar-refractivity contribution >= 4 is 22.9 Å². The standard InChI is InChI=1S/C8H10N2S/c1-2-8(9-4-1)10-7-3-5-11-6-7/h3,5-6H,1-2,4H2,(H,9,10). The Morgan fingerprint density at radius 2 is 2.55 bits per heavy atom. The summed E-state index contributed by atoms with van der Waals surface area (Å²) in [4.78, 5) is 4.32. The van der Waals surface area contributed by atoms with Crippen molar-refractivity contribution in [2.75, 3.05) is 11.9 Å². The first-order valence-electron chi connectivity index (χ1n) is 3.78. The molecular formula is C8H10N2S. The third-order valence-corrected chi connectivity index (χ3v) is 2.37. The molecule has 2 rings (SSSR count). The highest BCUT2D eigenvalue weighted by atomic mass is 32.1. The van der Waals surface area contributed by atoms with Crippen molar-refractivity contribution in [1.29, 1.82) is 0 Å². The second kappa shape index (κ2) is 3.05. The molecule has 0 aliphatic carbocycles. The summed E-state index contributed by atoms with van der Waals surface area (Å²) in [7, 11) is 0. The van der Waals surface area contributed by atoms with E-state index in [1.165, 1.54) is 12.1 Å². The minimum absolute atomic E-state index is 0.993. The molecule has 0 unspecified atom stereocenters. The van der Waals surface area contributed by atoms with Crippen LogP contribution < -0.4 is 5.32 Å². The van der Waals surface area contributed by atoms with E-state index in [0.29, 0.717) is 0 Å². The second-order valence-corrected chi connectivity index (χ2v) is 3.35. The molecule has 1 aromatic heterocycles. The Morgan fingerprint density at radius 3 is 3.18 bits per heavy atom. The van der Waals surface area contributed by atoms with Gasteiger partial charge in [0.15, 0.2) is 0 Å². The average Bonchev–Trinajstić information content (AvgIpc) is 2.60. The van der Waals surface area contributed by atoms with Crippen molar-refractivity contribution in [2.45, 2.75) is 12.8 Å². The van der Waals surface area contributed by atoms with Gasteiger partial charge in [-0.2, -0.15) is 11.3 Å². The van der Waals surface area contributed by atoms with E-state index in [1.54, 1.807) is 11.3 Å². The van der Waals surface area contributed by atoms with Crippen LogP contribution in [0.3, 0.4) is 0 Å². The molecule has 58 valence electrons. The Kier molecular flexibility index (Phi) is 1.90. The largest absolute Gasteiger partial charge is 0.343 e. The van der Waals surface area contributed by atoms with E-state index in [9.17, 15) is 0 Å². The van der Waals surface area contributed by atoms with Crippen LogP contribution in [0.2, 0.25) is 0 Å². The minimum Gasteiger partial charge on any atom is -0.343 e. The lowest BCUT2D eigenvalue weighted by Gasteiger charge is -2.00. The number of anilines is 1. The predicted octanol–water partition coefficient (Wildman–Crippen LogP) is 2.35. The molecule has 11 heavy (non-hydrogen) atoms. The van der Waals surface area contributed by atoms with Gasteiger partial charge in [0.1, 0.15) is 5.84 Å². The summed E-state index contributed by atoms with van der Waals surface area (Å²) in [5, 5.41) is 7.45. The molecule has 0 aromatic carbocycles. The first-order chi connectivity index (χ1) is 5.45. The number of thiophene rings is 1. The van der Waals surface area contributed by atoms with Gasteiger partial charge in [0.25, 0.3) is 0 Å². The van der Waals surface area contributed by atoms with Crippen LogP contribution in [-0.4, -0.2) is 12.4 Å². The van der Waals surface area contributed by atoms with Gasteiger partial charge in [-0.3, -0.25) is 4.99 Å². The van der Waals surface area contributed by atoms with Crippen LogP contribution in [0, 0.1) is 0 Å². The Hall–Kier alpha value is -0.830. The molecule has 0 fully saturated rings. The summed E-state index contributed by atoms with van der Waals surface area (Å²) in [5.41, 5.74) is 1.18. The van der Waals surface area contributed by atoms with E-state index in [-0.39, 0.29) is 0 Å². The van der Waals surface area contributed by atoms with E-state index in [4.69, 9.17) is 0 Å². The zero-order chi connectivity index (χ0) is 7.52. The SMILES string of the molecule is c1cc(NC2=NCCC2)cs1. The fourth-order valence-electron chi connectivity index (χ4n) is 1.14. The fourth-order valence-corrected chi connectivity index (χ4v) is 1.73. The summed E-state index contributed by atoms with van der Waals surface area (Å²) in [5.74, 6) is 1.14. The smallest absolute Gasteiger partial charge is 0.101 e. The highest BCUT2D eigenvalue weighted by Crippen LogP contribution is 2.14. The molecule has 0 atom stereocenters. The number of rotatable bonds is 1. The normalized spacial score (nSPS) is 16.5. The summed E-state index contributed by atoms with van der Waals surface area (Å²) >= 11 is 1.71. The van der Waals surface area contributed by atoms with Crippen LogP contribution in [0.15, 0.2) is 21.8 Å². The maximum Gasteiger partial charge on any atom is 0.101 e. The van der Waals surface area contributed by atoms with Crippen molar-refractivity contribution < 1.29 is 0 Å². The molecule has 1 N–H and O–H groups in total. The number of hydrogen-bond acceptors (Lipinski definition) is 3. The lowest BCUT2D eigenvalue weighted by Crippen LogP contribution is -2.06. The average molecular weight is 166 g/mol. The Balaban J connectivity index is 2.00. The molecule has 1 aliphatic rings. The summed E-state index contributed by atoms with van der Waals surface area (Å²) in [6.45, 7) is 0.993. The van der Waals surface area contributed by atoms with Crippen LogP contribution in [0.1, 0.15) is 12.8 Å². The maximum absolute atomic E-state index is 4.32. The van der Waals surface area contributed by atoms with Gasteiger partial charge in [-0.25, -0.2) is 0 Å². The topological polar surface area (TPSA) is 24.4 Å². The van der Waals surface area contributed by atoms with Gasteiger partial charge in [-0.05, 0) is 17.9 Å². The summed E-state index contributed by atoms with van der Waals surface area (Å²) < 4.78 is 0. The Bertz CT molecular complexity index is 251. The van der Waals surface area contributed by atoms with Gasteiger partial charge in [0.05, 0.1) is 5.69 Å². The van der Waals surface area contributed by atoms with Gasteiger partial charge >= 0.3 is 0 Å². The van der Waals surface area contributed by atoms with Crippen LogP contribution in [0.5, 0.6) is 0 Å². The van der Waals surface area contributed by atoms with E-state index in [2.05, 4.69) is 27.1 Å². The lowest BCUT2D eigenvalue weighted by atomic mass is 10.3. The number of hydrogen-bond donors (Lipinski definition) is 1. The van der Waals surface area contributed by atoms with Gasteiger partial charge in [-0.1, -0.05) is 0 Å². The van der Waals surface area contributed by atoms with Crippen molar-refractivity contribution in [1.82, 2.24) is 0 Å². The molecule has 1 aliphatic heterocycles. The number of aliphatic imine (C=N–C) groups is 1. The highest BCUT2D eigenvalue weighted by molar-refractivity contribution is 7.08. The van der Waals surface area contributed by atoms with E-state index in [0.717, 1.165) is 18.8 Å². The van der Waals surface area contributed by atoms with Crippen molar-refractivity contribution in [3.8, 4) is 0 Å². The molecule has 0 amide bonds. The van der Waals surface area contributed by atoms with E-state index in [1.807, 2.05) is 0 Å². The van der Waals surface area contributed by atoms with Gasteiger partial charge in [0, 0.05) is 18.3 Å². The van der Waals surface area contributed by atoms with Crippen molar-refractivity contribution in [2.24, 2.45) is 4.99 Å². The van der Waals surface area contributed by atoms with E-state index >= 15 is 0 Å². The zero-order valence-corrected chi connectivity index (χ0v) is 7.03. The first kappa shape index (κ1) is 6.85. The fraction of sp³-hybridized carbons (Fsp3) is 0.375. The molecule has 0 saturated heterocycles. The van der Waals surface area contributed by atoms with Crippen LogP contribution in [0.4, 0.5) is 5.69 Å². The van der Waals surface area contributed by atoms with Gasteiger partial charge < -0.3 is 5.32 Å². The Morgan fingerprint density at radius 1 is 1.55 bits per heavy atom. The molecule has 0 spiro atoms. The second-order valence-electron chi connectivity index (χ2n) is 2.57. The third kappa shape index (κ3) is 1.60. The Labute approximate surface area is 70.0 Å².